The number of aliphatic hydroxyl groups is 1. The Morgan fingerprint density at radius 1 is 1.40 bits per heavy atom. The highest BCUT2D eigenvalue weighted by atomic mass is 32.2. The maximum absolute atomic E-state index is 12.0. The molecule has 0 amide bonds. The minimum Gasteiger partial charge on any atom is -0.478 e. The van der Waals surface area contributed by atoms with Gasteiger partial charge in [0.15, 0.2) is 0 Å². The molecule has 0 aliphatic carbocycles. The SMILES string of the molecule is CCC(O)CCNS(=O)(=O)c1ccc(C)c(C(=O)O)c1. The normalized spacial score (nSPS) is 13.2. The van der Waals surface area contributed by atoms with Crippen LogP contribution in [0.4, 0.5) is 0 Å². The van der Waals surface area contributed by atoms with Gasteiger partial charge < -0.3 is 10.2 Å². The van der Waals surface area contributed by atoms with E-state index in [0.29, 0.717) is 18.4 Å². The summed E-state index contributed by atoms with van der Waals surface area (Å²) in [6, 6.07) is 3.95. The number of hydrogen-bond donors (Lipinski definition) is 3. The summed E-state index contributed by atoms with van der Waals surface area (Å²) in [6.07, 6.45) is 0.313. The molecule has 0 aliphatic rings. The first-order valence-corrected chi connectivity index (χ1v) is 7.78. The second-order valence-corrected chi connectivity index (χ2v) is 6.30. The molecule has 1 atom stereocenters. The Bertz CT molecular complexity index is 582. The third kappa shape index (κ3) is 4.29. The zero-order chi connectivity index (χ0) is 15.3. The predicted octanol–water partition coefficient (Wildman–Crippen LogP) is 1.13. The summed E-state index contributed by atoms with van der Waals surface area (Å²) >= 11 is 0. The molecule has 0 aliphatic heterocycles. The summed E-state index contributed by atoms with van der Waals surface area (Å²) in [5, 5.41) is 18.4. The molecule has 0 aromatic heterocycles. The fourth-order valence-electron chi connectivity index (χ4n) is 1.65. The maximum Gasteiger partial charge on any atom is 0.335 e. The first-order chi connectivity index (χ1) is 9.27. The van der Waals surface area contributed by atoms with Crippen LogP contribution in [0.5, 0.6) is 0 Å². The van der Waals surface area contributed by atoms with Gasteiger partial charge in [0.25, 0.3) is 0 Å². The summed E-state index contributed by atoms with van der Waals surface area (Å²) in [7, 11) is -3.76. The van der Waals surface area contributed by atoms with E-state index < -0.39 is 22.1 Å². The van der Waals surface area contributed by atoms with Crippen molar-refractivity contribution in [1.29, 1.82) is 0 Å². The summed E-state index contributed by atoms with van der Waals surface area (Å²) in [6.45, 7) is 3.51. The number of aromatic carboxylic acids is 1. The molecule has 112 valence electrons. The van der Waals surface area contributed by atoms with Crippen LogP contribution in [0, 0.1) is 6.92 Å². The average Bonchev–Trinajstić information content (AvgIpc) is 2.38. The van der Waals surface area contributed by atoms with Gasteiger partial charge in [-0.1, -0.05) is 13.0 Å². The maximum atomic E-state index is 12.0. The van der Waals surface area contributed by atoms with Crippen molar-refractivity contribution in [3.63, 3.8) is 0 Å². The van der Waals surface area contributed by atoms with Gasteiger partial charge >= 0.3 is 5.97 Å². The van der Waals surface area contributed by atoms with Crippen LogP contribution >= 0.6 is 0 Å². The van der Waals surface area contributed by atoms with Gasteiger partial charge in [0.1, 0.15) is 0 Å². The van der Waals surface area contributed by atoms with Crippen molar-refractivity contribution in [3.05, 3.63) is 29.3 Å². The van der Waals surface area contributed by atoms with E-state index in [-0.39, 0.29) is 17.0 Å². The molecule has 1 rings (SSSR count). The second kappa shape index (κ2) is 6.83. The summed E-state index contributed by atoms with van der Waals surface area (Å²) in [4.78, 5) is 10.9. The van der Waals surface area contributed by atoms with Crippen LogP contribution < -0.4 is 4.72 Å². The zero-order valence-corrected chi connectivity index (χ0v) is 12.3. The molecule has 20 heavy (non-hydrogen) atoms. The van der Waals surface area contributed by atoms with E-state index in [1.165, 1.54) is 12.1 Å². The smallest absolute Gasteiger partial charge is 0.335 e. The molecule has 1 aromatic carbocycles. The van der Waals surface area contributed by atoms with Crippen molar-refractivity contribution in [1.82, 2.24) is 4.72 Å². The van der Waals surface area contributed by atoms with Crippen LogP contribution in [0.25, 0.3) is 0 Å². The molecule has 7 heteroatoms. The lowest BCUT2D eigenvalue weighted by molar-refractivity contribution is 0.0696. The van der Waals surface area contributed by atoms with E-state index in [0.717, 1.165) is 6.07 Å². The van der Waals surface area contributed by atoms with Crippen molar-refractivity contribution >= 4 is 16.0 Å². The monoisotopic (exact) mass is 301 g/mol. The van der Waals surface area contributed by atoms with Gasteiger partial charge in [-0.2, -0.15) is 0 Å². The lowest BCUT2D eigenvalue weighted by Gasteiger charge is -2.10. The number of benzene rings is 1. The Balaban J connectivity index is 2.88. The Morgan fingerprint density at radius 2 is 2.05 bits per heavy atom. The molecule has 0 spiro atoms. The van der Waals surface area contributed by atoms with Crippen LogP contribution in [0.1, 0.15) is 35.7 Å². The first kappa shape index (κ1) is 16.6. The molecule has 0 bridgehead atoms. The van der Waals surface area contributed by atoms with Gasteiger partial charge in [-0.15, -0.1) is 0 Å². The molecular weight excluding hydrogens is 282 g/mol. The third-order valence-corrected chi connectivity index (χ3v) is 4.45. The molecule has 1 unspecified atom stereocenters. The lowest BCUT2D eigenvalue weighted by atomic mass is 10.1. The van der Waals surface area contributed by atoms with Gasteiger partial charge in [-0.25, -0.2) is 17.9 Å². The first-order valence-electron chi connectivity index (χ1n) is 6.29. The number of aryl methyl sites for hydroxylation is 1. The number of sulfonamides is 1. The number of carbonyl (C=O) groups is 1. The van der Waals surface area contributed by atoms with Gasteiger partial charge in [0.05, 0.1) is 16.6 Å². The fourth-order valence-corrected chi connectivity index (χ4v) is 2.72. The van der Waals surface area contributed by atoms with Gasteiger partial charge in [0, 0.05) is 6.54 Å². The molecule has 0 saturated carbocycles. The predicted molar refractivity (Wildman–Crippen MR) is 74.2 cm³/mol. The van der Waals surface area contributed by atoms with Crippen molar-refractivity contribution in [2.24, 2.45) is 0 Å². The van der Waals surface area contributed by atoms with Crippen LogP contribution in [-0.4, -0.2) is 37.2 Å². The molecule has 3 N–H and O–H groups in total. The summed E-state index contributed by atoms with van der Waals surface area (Å²) in [5.74, 6) is -1.17. The number of carboxylic acid groups (broad SMARTS) is 1. The highest BCUT2D eigenvalue weighted by molar-refractivity contribution is 7.89. The van der Waals surface area contributed by atoms with Crippen molar-refractivity contribution in [2.75, 3.05) is 6.54 Å². The number of rotatable bonds is 7. The van der Waals surface area contributed by atoms with Crippen molar-refractivity contribution < 1.29 is 23.4 Å². The highest BCUT2D eigenvalue weighted by Gasteiger charge is 2.17. The van der Waals surface area contributed by atoms with E-state index in [1.54, 1.807) is 13.8 Å². The minimum absolute atomic E-state index is 0.0403. The Labute approximate surface area is 118 Å². The number of nitrogens with one attached hydrogen (secondary N) is 1. The van der Waals surface area contributed by atoms with Crippen molar-refractivity contribution in [2.45, 2.75) is 37.7 Å². The number of carboxylic acids is 1. The topological polar surface area (TPSA) is 104 Å². The van der Waals surface area contributed by atoms with E-state index in [9.17, 15) is 18.3 Å². The molecule has 0 heterocycles. The fraction of sp³-hybridized carbons (Fsp3) is 0.462. The van der Waals surface area contributed by atoms with E-state index >= 15 is 0 Å². The lowest BCUT2D eigenvalue weighted by Crippen LogP contribution is -2.27. The third-order valence-electron chi connectivity index (χ3n) is 2.99. The van der Waals surface area contributed by atoms with Crippen LogP contribution in [0.2, 0.25) is 0 Å². The van der Waals surface area contributed by atoms with Gasteiger partial charge in [-0.3, -0.25) is 0 Å². The standard InChI is InChI=1S/C13H19NO5S/c1-3-10(15)6-7-14-20(18,19)11-5-4-9(2)12(8-11)13(16)17/h4-5,8,10,14-15H,3,6-7H2,1-2H3,(H,16,17). The summed E-state index contributed by atoms with van der Waals surface area (Å²) < 4.78 is 26.4. The van der Waals surface area contributed by atoms with Crippen molar-refractivity contribution in [3.8, 4) is 0 Å². The second-order valence-electron chi connectivity index (χ2n) is 4.53. The number of aliphatic hydroxyl groups excluding tert-OH is 1. The van der Waals surface area contributed by atoms with Crippen LogP contribution in [-0.2, 0) is 10.0 Å². The quantitative estimate of drug-likeness (QED) is 0.700. The van der Waals surface area contributed by atoms with Gasteiger partial charge in [0.2, 0.25) is 10.0 Å². The summed E-state index contributed by atoms with van der Waals surface area (Å²) in [5.41, 5.74) is 0.458. The zero-order valence-electron chi connectivity index (χ0n) is 11.5. The molecule has 0 fully saturated rings. The Hall–Kier alpha value is -1.44. The van der Waals surface area contributed by atoms with Crippen LogP contribution in [0.15, 0.2) is 23.1 Å². The molecular formula is C13H19NO5S. The Morgan fingerprint density at radius 3 is 2.60 bits per heavy atom. The van der Waals surface area contributed by atoms with Crippen LogP contribution in [0.3, 0.4) is 0 Å². The number of hydrogen-bond acceptors (Lipinski definition) is 4. The highest BCUT2D eigenvalue weighted by Crippen LogP contribution is 2.15. The average molecular weight is 301 g/mol. The Kier molecular flexibility index (Phi) is 5.67. The van der Waals surface area contributed by atoms with Gasteiger partial charge in [-0.05, 0) is 37.5 Å². The largest absolute Gasteiger partial charge is 0.478 e. The molecule has 1 aromatic rings. The molecule has 0 radical (unpaired) electrons. The molecule has 6 nitrogen and oxygen atoms in total. The van der Waals surface area contributed by atoms with E-state index in [1.807, 2.05) is 0 Å². The van der Waals surface area contributed by atoms with E-state index in [2.05, 4.69) is 4.72 Å². The van der Waals surface area contributed by atoms with E-state index in [4.69, 9.17) is 5.11 Å². The molecule has 0 saturated heterocycles. The minimum atomic E-state index is -3.76.